The Hall–Kier alpha value is -1.53. The molecule has 23 heavy (non-hydrogen) atoms. The lowest BCUT2D eigenvalue weighted by molar-refractivity contribution is -0.147. The van der Waals surface area contributed by atoms with Crippen LogP contribution in [0.1, 0.15) is 44.1 Å². The molecule has 4 heteroatoms. The van der Waals surface area contributed by atoms with Crippen LogP contribution in [0.2, 0.25) is 5.02 Å². The summed E-state index contributed by atoms with van der Waals surface area (Å²) in [5, 5.41) is 20.0. The molecule has 0 spiro atoms. The van der Waals surface area contributed by atoms with Gasteiger partial charge in [-0.15, -0.1) is 0 Å². The Morgan fingerprint density at radius 1 is 1.22 bits per heavy atom. The predicted molar refractivity (Wildman–Crippen MR) is 87.0 cm³/mol. The van der Waals surface area contributed by atoms with Crippen molar-refractivity contribution in [3.05, 3.63) is 34.9 Å². The number of hydrogen-bond acceptors (Lipinski definition) is 2. The minimum Gasteiger partial charge on any atom is -0.481 e. The van der Waals surface area contributed by atoms with Crippen LogP contribution in [0.5, 0.6) is 0 Å². The van der Waals surface area contributed by atoms with Crippen LogP contribution in [0.4, 0.5) is 0 Å². The minimum atomic E-state index is -0.738. The lowest BCUT2D eigenvalue weighted by atomic mass is 9.39. The van der Waals surface area contributed by atoms with E-state index in [0.717, 1.165) is 37.7 Å². The first-order valence-corrected chi connectivity index (χ1v) is 8.74. The minimum absolute atomic E-state index is 0.165. The van der Waals surface area contributed by atoms with Gasteiger partial charge in [-0.25, -0.2) is 0 Å². The van der Waals surface area contributed by atoms with Crippen molar-refractivity contribution in [2.45, 2.75) is 43.9 Å². The highest BCUT2D eigenvalue weighted by Gasteiger charge is 2.63. The van der Waals surface area contributed by atoms with Crippen LogP contribution >= 0.6 is 11.6 Å². The molecule has 1 N–H and O–H groups in total. The largest absolute Gasteiger partial charge is 0.481 e. The van der Waals surface area contributed by atoms with Gasteiger partial charge in [-0.2, -0.15) is 5.26 Å². The number of carbonyl (C=O) groups is 1. The average molecular weight is 330 g/mol. The van der Waals surface area contributed by atoms with Gasteiger partial charge < -0.3 is 5.11 Å². The lowest BCUT2D eigenvalue weighted by Gasteiger charge is -2.63. The van der Waals surface area contributed by atoms with Gasteiger partial charge >= 0.3 is 5.97 Å². The van der Waals surface area contributed by atoms with Crippen molar-refractivity contribution in [3.63, 3.8) is 0 Å². The number of carboxylic acid groups (broad SMARTS) is 1. The first-order valence-electron chi connectivity index (χ1n) is 8.36. The third-order valence-corrected chi connectivity index (χ3v) is 6.96. The normalized spacial score (nSPS) is 40.8. The van der Waals surface area contributed by atoms with Gasteiger partial charge in [-0.05, 0) is 67.6 Å². The standard InChI is InChI=1S/C19H20ClNO2/c20-16-3-1-13(2-4-16)19(10-17(22)23)14-5-12-6-15(19)9-18(7-12,8-14)11-21/h1-4,12,14-15H,5-10H2,(H,22,23). The third-order valence-electron chi connectivity index (χ3n) is 6.71. The maximum Gasteiger partial charge on any atom is 0.304 e. The molecule has 1 aromatic carbocycles. The molecule has 1 aromatic rings. The molecule has 5 rings (SSSR count). The number of nitriles is 1. The van der Waals surface area contributed by atoms with E-state index in [1.165, 1.54) is 0 Å². The summed E-state index contributed by atoms with van der Waals surface area (Å²) in [7, 11) is 0. The maximum absolute atomic E-state index is 11.7. The molecule has 4 saturated carbocycles. The molecule has 4 aliphatic carbocycles. The van der Waals surface area contributed by atoms with Gasteiger partial charge in [0.1, 0.15) is 0 Å². The van der Waals surface area contributed by atoms with E-state index < -0.39 is 5.97 Å². The van der Waals surface area contributed by atoms with Crippen LogP contribution in [-0.2, 0) is 10.2 Å². The highest BCUT2D eigenvalue weighted by molar-refractivity contribution is 6.30. The Balaban J connectivity index is 1.83. The van der Waals surface area contributed by atoms with Crippen LogP contribution in [0.15, 0.2) is 24.3 Å². The number of nitrogens with zero attached hydrogens (tertiary/aromatic N) is 1. The van der Waals surface area contributed by atoms with Crippen LogP contribution in [0, 0.1) is 34.5 Å². The van der Waals surface area contributed by atoms with Crippen molar-refractivity contribution < 1.29 is 9.90 Å². The van der Waals surface area contributed by atoms with E-state index in [2.05, 4.69) is 6.07 Å². The van der Waals surface area contributed by atoms with Crippen molar-refractivity contribution >= 4 is 17.6 Å². The maximum atomic E-state index is 11.7. The zero-order valence-corrected chi connectivity index (χ0v) is 13.7. The average Bonchev–Trinajstić information content (AvgIpc) is 2.51. The summed E-state index contributed by atoms with van der Waals surface area (Å²) < 4.78 is 0. The van der Waals surface area contributed by atoms with Crippen molar-refractivity contribution in [3.8, 4) is 6.07 Å². The molecule has 4 fully saturated rings. The molecule has 0 heterocycles. The number of hydrogen-bond donors (Lipinski definition) is 1. The molecule has 0 amide bonds. The van der Waals surface area contributed by atoms with Gasteiger partial charge in [-0.1, -0.05) is 23.7 Å². The Morgan fingerprint density at radius 3 is 2.35 bits per heavy atom. The topological polar surface area (TPSA) is 61.1 Å². The Bertz CT molecular complexity index is 674. The Morgan fingerprint density at radius 2 is 1.83 bits per heavy atom. The van der Waals surface area contributed by atoms with Crippen molar-refractivity contribution in [2.75, 3.05) is 0 Å². The highest BCUT2D eigenvalue weighted by atomic mass is 35.5. The number of aliphatic carboxylic acids is 1. The van der Waals surface area contributed by atoms with E-state index in [0.29, 0.717) is 22.8 Å². The summed E-state index contributed by atoms with van der Waals surface area (Å²) in [6, 6.07) is 10.3. The summed E-state index contributed by atoms with van der Waals surface area (Å²) in [4.78, 5) is 11.7. The van der Waals surface area contributed by atoms with E-state index in [9.17, 15) is 15.2 Å². The first kappa shape index (κ1) is 15.0. The van der Waals surface area contributed by atoms with Gasteiger partial charge in [0, 0.05) is 10.4 Å². The monoisotopic (exact) mass is 329 g/mol. The fraction of sp³-hybridized carbons (Fsp3) is 0.579. The van der Waals surface area contributed by atoms with E-state index in [1.807, 2.05) is 24.3 Å². The molecule has 0 saturated heterocycles. The van der Waals surface area contributed by atoms with Crippen LogP contribution < -0.4 is 0 Å². The smallest absolute Gasteiger partial charge is 0.304 e. The van der Waals surface area contributed by atoms with Gasteiger partial charge in [0.2, 0.25) is 0 Å². The van der Waals surface area contributed by atoms with Gasteiger partial charge in [0.15, 0.2) is 0 Å². The van der Waals surface area contributed by atoms with Crippen LogP contribution in [0.3, 0.4) is 0 Å². The SMILES string of the molecule is N#CC12CC3CC(C1)C(CC(=O)O)(c1ccc(Cl)cc1)C(C3)C2. The molecule has 4 bridgehead atoms. The third kappa shape index (κ3) is 2.11. The molecule has 0 radical (unpaired) electrons. The summed E-state index contributed by atoms with van der Waals surface area (Å²) in [6.07, 6.45) is 5.02. The Kier molecular flexibility index (Phi) is 3.25. The fourth-order valence-corrected chi connectivity index (χ4v) is 6.23. The van der Waals surface area contributed by atoms with E-state index in [1.54, 1.807) is 0 Å². The molecule has 120 valence electrons. The lowest BCUT2D eigenvalue weighted by Crippen LogP contribution is -2.59. The molecule has 2 atom stereocenters. The zero-order chi connectivity index (χ0) is 16.2. The van der Waals surface area contributed by atoms with Crippen molar-refractivity contribution in [1.82, 2.24) is 0 Å². The van der Waals surface area contributed by atoms with Gasteiger partial charge in [0.05, 0.1) is 17.9 Å². The molecule has 3 nitrogen and oxygen atoms in total. The van der Waals surface area contributed by atoms with E-state index in [-0.39, 0.29) is 17.3 Å². The zero-order valence-electron chi connectivity index (χ0n) is 13.0. The second kappa shape index (κ2) is 4.98. The molecular weight excluding hydrogens is 310 g/mol. The molecule has 0 aromatic heterocycles. The highest BCUT2D eigenvalue weighted by Crippen LogP contribution is 2.68. The number of carboxylic acids is 1. The second-order valence-corrected chi connectivity index (χ2v) is 8.29. The van der Waals surface area contributed by atoms with Crippen molar-refractivity contribution in [2.24, 2.45) is 23.2 Å². The molecule has 2 unspecified atom stereocenters. The van der Waals surface area contributed by atoms with Gasteiger partial charge in [0.25, 0.3) is 0 Å². The van der Waals surface area contributed by atoms with Crippen LogP contribution in [0.25, 0.3) is 0 Å². The van der Waals surface area contributed by atoms with Gasteiger partial charge in [-0.3, -0.25) is 4.79 Å². The number of benzene rings is 1. The van der Waals surface area contributed by atoms with E-state index in [4.69, 9.17) is 11.6 Å². The number of rotatable bonds is 3. The number of halogens is 1. The molecular formula is C19H20ClNO2. The molecule has 0 aliphatic heterocycles. The first-order chi connectivity index (χ1) is 11.0. The van der Waals surface area contributed by atoms with Crippen molar-refractivity contribution in [1.29, 1.82) is 5.26 Å². The second-order valence-electron chi connectivity index (χ2n) is 7.85. The quantitative estimate of drug-likeness (QED) is 0.893. The Labute approximate surface area is 141 Å². The molecule has 4 aliphatic rings. The summed E-state index contributed by atoms with van der Waals surface area (Å²) >= 11 is 6.04. The summed E-state index contributed by atoms with van der Waals surface area (Å²) in [6.45, 7) is 0. The summed E-state index contributed by atoms with van der Waals surface area (Å²) in [5.74, 6) is 0.455. The van der Waals surface area contributed by atoms with E-state index >= 15 is 0 Å². The predicted octanol–water partition coefficient (Wildman–Crippen LogP) is 4.40. The van der Waals surface area contributed by atoms with Crippen LogP contribution in [-0.4, -0.2) is 11.1 Å². The summed E-state index contributed by atoms with van der Waals surface area (Å²) in [5.41, 5.74) is 0.574. The fourth-order valence-electron chi connectivity index (χ4n) is 6.11.